The quantitative estimate of drug-likeness (QED) is 0.650. The Hall–Kier alpha value is -0.910. The van der Waals surface area contributed by atoms with Crippen LogP contribution >= 0.6 is 11.8 Å². The average molecular weight is 262 g/mol. The van der Waals surface area contributed by atoms with Crippen LogP contribution in [0.15, 0.2) is 0 Å². The van der Waals surface area contributed by atoms with Crippen LogP contribution in [-0.4, -0.2) is 41.2 Å². The highest BCUT2D eigenvalue weighted by Crippen LogP contribution is 2.07. The Morgan fingerprint density at radius 3 is 2.29 bits per heavy atom. The average Bonchev–Trinajstić information content (AvgIpc) is 2.24. The first-order valence-corrected chi connectivity index (χ1v) is 6.97. The molecular formula is C11H22N2O3S. The van der Waals surface area contributed by atoms with E-state index in [4.69, 9.17) is 5.11 Å². The van der Waals surface area contributed by atoms with Crippen LogP contribution in [0, 0.1) is 5.92 Å². The lowest BCUT2D eigenvalue weighted by atomic mass is 10.1. The number of hydrogen-bond donors (Lipinski definition) is 3. The Kier molecular flexibility index (Phi) is 7.78. The van der Waals surface area contributed by atoms with Gasteiger partial charge < -0.3 is 15.7 Å². The van der Waals surface area contributed by atoms with Gasteiger partial charge in [-0.15, -0.1) is 0 Å². The Morgan fingerprint density at radius 1 is 1.29 bits per heavy atom. The van der Waals surface area contributed by atoms with Gasteiger partial charge in [0.05, 0.1) is 0 Å². The molecule has 0 heterocycles. The number of carbonyl (C=O) groups excluding carboxylic acids is 1. The van der Waals surface area contributed by atoms with E-state index in [0.29, 0.717) is 11.8 Å². The van der Waals surface area contributed by atoms with Crippen molar-refractivity contribution in [2.24, 2.45) is 5.92 Å². The molecule has 17 heavy (non-hydrogen) atoms. The lowest BCUT2D eigenvalue weighted by molar-refractivity contribution is -0.140. The third-order valence-corrected chi connectivity index (χ3v) is 3.50. The van der Waals surface area contributed by atoms with Crippen LogP contribution in [0.3, 0.4) is 0 Å². The summed E-state index contributed by atoms with van der Waals surface area (Å²) >= 11 is 1.73. The zero-order chi connectivity index (χ0) is 13.4. The van der Waals surface area contributed by atoms with Gasteiger partial charge >= 0.3 is 12.0 Å². The zero-order valence-electron chi connectivity index (χ0n) is 10.8. The molecule has 0 aliphatic heterocycles. The van der Waals surface area contributed by atoms with Gasteiger partial charge in [0, 0.05) is 11.8 Å². The van der Waals surface area contributed by atoms with Crippen molar-refractivity contribution < 1.29 is 14.7 Å². The highest BCUT2D eigenvalue weighted by molar-refractivity contribution is 7.99. The van der Waals surface area contributed by atoms with E-state index in [-0.39, 0.29) is 5.92 Å². The highest BCUT2D eigenvalue weighted by atomic mass is 32.2. The van der Waals surface area contributed by atoms with Crippen LogP contribution in [0.2, 0.25) is 0 Å². The number of thioether (sulfide) groups is 1. The lowest BCUT2D eigenvalue weighted by Gasteiger charge is -2.18. The summed E-state index contributed by atoms with van der Waals surface area (Å²) in [6, 6.07) is -1.26. The minimum absolute atomic E-state index is 0.136. The highest BCUT2D eigenvalue weighted by Gasteiger charge is 2.23. The molecule has 0 saturated carbocycles. The van der Waals surface area contributed by atoms with Gasteiger partial charge in [-0.3, -0.25) is 0 Å². The van der Waals surface area contributed by atoms with Gasteiger partial charge in [-0.05, 0) is 18.6 Å². The molecule has 0 spiro atoms. The molecule has 5 nitrogen and oxygen atoms in total. The fraction of sp³-hybridized carbons (Fsp3) is 0.818. The fourth-order valence-electron chi connectivity index (χ4n) is 1.21. The van der Waals surface area contributed by atoms with Crippen LogP contribution in [-0.2, 0) is 4.79 Å². The number of amides is 2. The molecule has 0 radical (unpaired) electrons. The van der Waals surface area contributed by atoms with Crippen LogP contribution in [0.25, 0.3) is 0 Å². The van der Waals surface area contributed by atoms with Gasteiger partial charge in [-0.2, -0.15) is 11.8 Å². The molecule has 2 amide bonds. The van der Waals surface area contributed by atoms with Crippen molar-refractivity contribution in [1.29, 1.82) is 0 Å². The molecule has 0 aromatic carbocycles. The molecule has 6 heteroatoms. The first kappa shape index (κ1) is 16.1. The molecule has 0 aromatic heterocycles. The number of carboxylic acids is 1. The van der Waals surface area contributed by atoms with E-state index in [1.165, 1.54) is 0 Å². The summed E-state index contributed by atoms with van der Waals surface area (Å²) in [7, 11) is 0. The van der Waals surface area contributed by atoms with Crippen LogP contribution < -0.4 is 10.6 Å². The van der Waals surface area contributed by atoms with E-state index in [9.17, 15) is 9.59 Å². The van der Waals surface area contributed by atoms with Crippen molar-refractivity contribution in [1.82, 2.24) is 10.6 Å². The second-order valence-corrected chi connectivity index (χ2v) is 5.57. The Bertz CT molecular complexity index is 259. The first-order chi connectivity index (χ1) is 7.88. The first-order valence-electron chi connectivity index (χ1n) is 5.68. The summed E-state index contributed by atoms with van der Waals surface area (Å²) < 4.78 is 0. The predicted molar refractivity (Wildman–Crippen MR) is 70.4 cm³/mol. The van der Waals surface area contributed by atoms with Crippen LogP contribution in [0.4, 0.5) is 4.79 Å². The fourth-order valence-corrected chi connectivity index (χ4v) is 1.57. The molecule has 0 fully saturated rings. The minimum atomic E-state index is -1.01. The number of carbonyl (C=O) groups is 2. The summed E-state index contributed by atoms with van der Waals surface area (Å²) in [5, 5.41) is 14.5. The summed E-state index contributed by atoms with van der Waals surface area (Å²) in [5.41, 5.74) is 0. The van der Waals surface area contributed by atoms with E-state index in [1.54, 1.807) is 25.6 Å². The van der Waals surface area contributed by atoms with Crippen LogP contribution in [0.5, 0.6) is 0 Å². The number of nitrogens with one attached hydrogen (secondary N) is 2. The van der Waals surface area contributed by atoms with Crippen molar-refractivity contribution in [2.45, 2.75) is 38.5 Å². The monoisotopic (exact) mass is 262 g/mol. The zero-order valence-corrected chi connectivity index (χ0v) is 11.6. The maximum Gasteiger partial charge on any atom is 0.326 e. The van der Waals surface area contributed by atoms with Crippen molar-refractivity contribution in [3.63, 3.8) is 0 Å². The van der Waals surface area contributed by atoms with Crippen molar-refractivity contribution in [3.05, 3.63) is 0 Å². The van der Waals surface area contributed by atoms with Gasteiger partial charge in [0.25, 0.3) is 0 Å². The summed E-state index contributed by atoms with van der Waals surface area (Å²) in [4.78, 5) is 22.3. The van der Waals surface area contributed by atoms with Gasteiger partial charge in [-0.1, -0.05) is 20.8 Å². The smallest absolute Gasteiger partial charge is 0.326 e. The largest absolute Gasteiger partial charge is 0.480 e. The Morgan fingerprint density at radius 2 is 1.88 bits per heavy atom. The molecule has 0 saturated heterocycles. The van der Waals surface area contributed by atoms with Crippen molar-refractivity contribution >= 4 is 23.8 Å². The minimum Gasteiger partial charge on any atom is -0.480 e. The van der Waals surface area contributed by atoms with Gasteiger partial charge in [0.15, 0.2) is 0 Å². The van der Waals surface area contributed by atoms with Crippen molar-refractivity contribution in [2.75, 3.05) is 12.8 Å². The third-order valence-electron chi connectivity index (χ3n) is 2.46. The summed E-state index contributed by atoms with van der Waals surface area (Å²) in [6.07, 6.45) is 2.89. The molecule has 0 bridgehead atoms. The Labute approximate surface area is 107 Å². The van der Waals surface area contributed by atoms with Crippen LogP contribution in [0.1, 0.15) is 27.2 Å². The number of aliphatic carboxylic acids is 1. The van der Waals surface area contributed by atoms with E-state index >= 15 is 0 Å². The number of hydrogen-bond acceptors (Lipinski definition) is 3. The third kappa shape index (κ3) is 7.10. The second kappa shape index (κ2) is 8.22. The molecule has 2 atom stereocenters. The molecule has 0 aliphatic carbocycles. The predicted octanol–water partition coefficient (Wildman–Crippen LogP) is 1.54. The van der Waals surface area contributed by atoms with E-state index in [0.717, 1.165) is 6.42 Å². The number of urea groups is 1. The molecule has 0 aliphatic rings. The molecule has 0 rings (SSSR count). The summed E-state index contributed by atoms with van der Waals surface area (Å²) in [5.74, 6) is -1.14. The number of rotatable bonds is 7. The van der Waals surface area contributed by atoms with E-state index in [2.05, 4.69) is 17.6 Å². The maximum atomic E-state index is 11.4. The Balaban J connectivity index is 3.95. The molecule has 3 N–H and O–H groups in total. The second-order valence-electron chi connectivity index (χ2n) is 4.30. The van der Waals surface area contributed by atoms with Gasteiger partial charge in [0.2, 0.25) is 0 Å². The van der Waals surface area contributed by atoms with Crippen molar-refractivity contribution in [3.8, 4) is 0 Å². The summed E-state index contributed by atoms with van der Waals surface area (Å²) in [6.45, 7) is 6.15. The number of carboxylic acid groups (broad SMARTS) is 1. The standard InChI is InChI=1S/C11H22N2O3S/c1-7(2)9(10(14)15)13-11(16)12-6-5-8(3)17-4/h7-9H,5-6H2,1-4H3,(H,14,15)(H2,12,13,16). The van der Waals surface area contributed by atoms with Gasteiger partial charge in [0.1, 0.15) is 6.04 Å². The molecular weight excluding hydrogens is 240 g/mol. The normalized spacial score (nSPS) is 14.2. The molecule has 2 unspecified atom stereocenters. The lowest BCUT2D eigenvalue weighted by Crippen LogP contribution is -2.48. The van der Waals surface area contributed by atoms with E-state index < -0.39 is 18.0 Å². The molecule has 0 aromatic rings. The maximum absolute atomic E-state index is 11.4. The van der Waals surface area contributed by atoms with E-state index in [1.807, 2.05) is 6.26 Å². The topological polar surface area (TPSA) is 78.4 Å². The molecule has 100 valence electrons. The van der Waals surface area contributed by atoms with Gasteiger partial charge in [-0.25, -0.2) is 9.59 Å². The SMILES string of the molecule is CSC(C)CCNC(=O)NC(C(=O)O)C(C)C.